The molecule has 0 amide bonds. The van der Waals surface area contributed by atoms with Crippen molar-refractivity contribution in [2.24, 2.45) is 0 Å². The molecule has 0 radical (unpaired) electrons. The smallest absolute Gasteiger partial charge is 0.161 e. The van der Waals surface area contributed by atoms with Gasteiger partial charge in [0.1, 0.15) is 5.75 Å². The van der Waals surface area contributed by atoms with Gasteiger partial charge in [0.25, 0.3) is 0 Å². The molecule has 0 spiro atoms. The fourth-order valence-corrected chi connectivity index (χ4v) is 3.75. The number of fused-ring (bicyclic) bond motifs is 1. The maximum absolute atomic E-state index is 5.66. The maximum atomic E-state index is 5.66. The highest BCUT2D eigenvalue weighted by molar-refractivity contribution is 5.48. The predicted octanol–water partition coefficient (Wildman–Crippen LogP) is 3.46. The van der Waals surface area contributed by atoms with E-state index in [2.05, 4.69) is 34.3 Å². The maximum Gasteiger partial charge on any atom is 0.161 e. The van der Waals surface area contributed by atoms with Gasteiger partial charge in [-0.05, 0) is 41.8 Å². The Balaban J connectivity index is 1.54. The highest BCUT2D eigenvalue weighted by atomic mass is 16.5. The van der Waals surface area contributed by atoms with Crippen LogP contribution >= 0.6 is 0 Å². The molecule has 6 nitrogen and oxygen atoms in total. The van der Waals surface area contributed by atoms with Gasteiger partial charge in [0.05, 0.1) is 27.0 Å². The first-order chi connectivity index (χ1) is 13.7. The van der Waals surface area contributed by atoms with Crippen LogP contribution < -0.4 is 14.2 Å². The number of ether oxygens (including phenoxy) is 3. The fraction of sp³-hybridized carbons (Fsp3) is 0.318. The molecule has 0 N–H and O–H groups in total. The third-order valence-corrected chi connectivity index (χ3v) is 5.23. The Kier molecular flexibility index (Phi) is 5.21. The first-order valence-corrected chi connectivity index (χ1v) is 9.35. The Hall–Kier alpha value is -2.99. The summed E-state index contributed by atoms with van der Waals surface area (Å²) in [7, 11) is 5.07. The van der Waals surface area contributed by atoms with Crippen LogP contribution in [0, 0.1) is 0 Å². The Morgan fingerprint density at radius 2 is 1.68 bits per heavy atom. The Morgan fingerprint density at radius 1 is 0.929 bits per heavy atom. The van der Waals surface area contributed by atoms with E-state index in [0.717, 1.165) is 49.0 Å². The molecular weight excluding hydrogens is 354 g/mol. The molecule has 0 atom stereocenters. The van der Waals surface area contributed by atoms with Crippen molar-refractivity contribution in [2.75, 3.05) is 27.9 Å². The minimum Gasteiger partial charge on any atom is -0.496 e. The summed E-state index contributed by atoms with van der Waals surface area (Å²) < 4.78 is 18.4. The van der Waals surface area contributed by atoms with E-state index in [9.17, 15) is 0 Å². The highest BCUT2D eigenvalue weighted by Gasteiger charge is 2.20. The first-order valence-electron chi connectivity index (χ1n) is 9.35. The summed E-state index contributed by atoms with van der Waals surface area (Å²) in [5.74, 6) is 2.46. The van der Waals surface area contributed by atoms with Crippen molar-refractivity contribution in [3.8, 4) is 22.9 Å². The lowest BCUT2D eigenvalue weighted by Gasteiger charge is -2.30. The molecule has 2 heterocycles. The number of benzene rings is 2. The Labute approximate surface area is 165 Å². The van der Waals surface area contributed by atoms with Crippen molar-refractivity contribution in [3.63, 3.8) is 0 Å². The van der Waals surface area contributed by atoms with Crippen LogP contribution in [-0.4, -0.2) is 42.6 Å². The summed E-state index contributed by atoms with van der Waals surface area (Å²) in [6.45, 7) is 2.70. The molecular formula is C22H25N3O3. The average molecular weight is 379 g/mol. The second-order valence-electron chi connectivity index (χ2n) is 6.88. The number of aromatic nitrogens is 2. The summed E-state index contributed by atoms with van der Waals surface area (Å²) in [5.41, 5.74) is 4.78. The zero-order chi connectivity index (χ0) is 19.5. The van der Waals surface area contributed by atoms with Gasteiger partial charge in [-0.25, -0.2) is 4.68 Å². The van der Waals surface area contributed by atoms with Crippen LogP contribution in [0.25, 0.3) is 5.69 Å². The summed E-state index contributed by atoms with van der Waals surface area (Å²) in [6.07, 6.45) is 4.69. The SMILES string of the molecule is COc1cc(-n2cccn2)ccc1CN1CCc2cc(OC)c(OC)cc2C1. The van der Waals surface area contributed by atoms with Crippen molar-refractivity contribution in [2.45, 2.75) is 19.5 Å². The van der Waals surface area contributed by atoms with E-state index in [1.807, 2.05) is 23.0 Å². The number of nitrogens with zero attached hydrogens (tertiary/aromatic N) is 3. The third kappa shape index (κ3) is 3.55. The molecule has 146 valence electrons. The summed E-state index contributed by atoms with van der Waals surface area (Å²) in [4.78, 5) is 2.43. The number of hydrogen-bond acceptors (Lipinski definition) is 5. The van der Waals surface area contributed by atoms with Gasteiger partial charge in [0.15, 0.2) is 11.5 Å². The summed E-state index contributed by atoms with van der Waals surface area (Å²) in [5, 5.41) is 4.29. The molecule has 0 saturated carbocycles. The fourth-order valence-electron chi connectivity index (χ4n) is 3.75. The van der Waals surface area contributed by atoms with Gasteiger partial charge in [0, 0.05) is 43.7 Å². The molecule has 1 aliphatic rings. The van der Waals surface area contributed by atoms with Crippen molar-refractivity contribution in [1.29, 1.82) is 0 Å². The molecule has 2 aromatic carbocycles. The van der Waals surface area contributed by atoms with Crippen molar-refractivity contribution in [3.05, 3.63) is 65.5 Å². The minimum absolute atomic E-state index is 0.782. The molecule has 1 aliphatic heterocycles. The van der Waals surface area contributed by atoms with Crippen LogP contribution in [0.2, 0.25) is 0 Å². The number of methoxy groups -OCH3 is 3. The zero-order valence-corrected chi connectivity index (χ0v) is 16.5. The topological polar surface area (TPSA) is 48.8 Å². The zero-order valence-electron chi connectivity index (χ0n) is 16.5. The lowest BCUT2D eigenvalue weighted by Crippen LogP contribution is -2.30. The standard InChI is InChI=1S/C22H25N3O3/c1-26-20-13-19(25-9-4-8-23-25)6-5-17(20)14-24-10-7-16-11-21(27-2)22(28-3)12-18(16)15-24/h4-6,8-9,11-13H,7,10,14-15H2,1-3H3. The molecule has 1 aromatic heterocycles. The molecule has 0 aliphatic carbocycles. The van der Waals surface area contributed by atoms with E-state index >= 15 is 0 Å². The van der Waals surface area contributed by atoms with Gasteiger partial charge >= 0.3 is 0 Å². The van der Waals surface area contributed by atoms with Gasteiger partial charge < -0.3 is 14.2 Å². The van der Waals surface area contributed by atoms with E-state index in [1.165, 1.54) is 16.7 Å². The second-order valence-corrected chi connectivity index (χ2v) is 6.88. The monoisotopic (exact) mass is 379 g/mol. The van der Waals surface area contributed by atoms with Gasteiger partial charge in [-0.2, -0.15) is 5.10 Å². The van der Waals surface area contributed by atoms with E-state index in [0.29, 0.717) is 0 Å². The molecule has 0 saturated heterocycles. The number of rotatable bonds is 6. The third-order valence-electron chi connectivity index (χ3n) is 5.23. The van der Waals surface area contributed by atoms with Crippen LogP contribution in [0.1, 0.15) is 16.7 Å². The lowest BCUT2D eigenvalue weighted by molar-refractivity contribution is 0.240. The molecule has 6 heteroatoms. The van der Waals surface area contributed by atoms with Crippen LogP contribution in [0.3, 0.4) is 0 Å². The lowest BCUT2D eigenvalue weighted by atomic mass is 9.98. The van der Waals surface area contributed by atoms with E-state index in [-0.39, 0.29) is 0 Å². The first kappa shape index (κ1) is 18.4. The highest BCUT2D eigenvalue weighted by Crippen LogP contribution is 2.34. The molecule has 0 unspecified atom stereocenters. The second kappa shape index (κ2) is 7.94. The van der Waals surface area contributed by atoms with Crippen LogP contribution in [-0.2, 0) is 19.5 Å². The average Bonchev–Trinajstić information content (AvgIpc) is 3.27. The van der Waals surface area contributed by atoms with Crippen LogP contribution in [0.15, 0.2) is 48.8 Å². The normalized spacial score (nSPS) is 13.8. The van der Waals surface area contributed by atoms with Crippen LogP contribution in [0.5, 0.6) is 17.2 Å². The van der Waals surface area contributed by atoms with Gasteiger partial charge in [-0.3, -0.25) is 4.90 Å². The predicted molar refractivity (Wildman–Crippen MR) is 107 cm³/mol. The molecule has 0 fully saturated rings. The van der Waals surface area contributed by atoms with Crippen molar-refractivity contribution < 1.29 is 14.2 Å². The molecule has 3 aromatic rings. The van der Waals surface area contributed by atoms with Gasteiger partial charge in [-0.15, -0.1) is 0 Å². The molecule has 0 bridgehead atoms. The summed E-state index contributed by atoms with van der Waals surface area (Å²) >= 11 is 0. The summed E-state index contributed by atoms with van der Waals surface area (Å²) in [6, 6.07) is 12.4. The molecule has 28 heavy (non-hydrogen) atoms. The van der Waals surface area contributed by atoms with Gasteiger partial charge in [-0.1, -0.05) is 6.07 Å². The Morgan fingerprint density at radius 3 is 2.36 bits per heavy atom. The quantitative estimate of drug-likeness (QED) is 0.657. The number of hydrogen-bond donors (Lipinski definition) is 0. The van der Waals surface area contributed by atoms with Crippen molar-refractivity contribution >= 4 is 0 Å². The van der Waals surface area contributed by atoms with Crippen LogP contribution in [0.4, 0.5) is 0 Å². The largest absolute Gasteiger partial charge is 0.496 e. The van der Waals surface area contributed by atoms with E-state index in [4.69, 9.17) is 14.2 Å². The minimum atomic E-state index is 0.782. The van der Waals surface area contributed by atoms with E-state index < -0.39 is 0 Å². The van der Waals surface area contributed by atoms with Gasteiger partial charge in [0.2, 0.25) is 0 Å². The molecule has 4 rings (SSSR count). The van der Waals surface area contributed by atoms with E-state index in [1.54, 1.807) is 27.5 Å². The van der Waals surface area contributed by atoms with Crippen molar-refractivity contribution in [1.82, 2.24) is 14.7 Å². The Bertz CT molecular complexity index is 954.